The predicted molar refractivity (Wildman–Crippen MR) is 80.8 cm³/mol. The maximum atomic E-state index is 12.2. The lowest BCUT2D eigenvalue weighted by Gasteiger charge is -2.52. The number of hydrogen-bond donors (Lipinski definition) is 1. The average Bonchev–Trinajstić information content (AvgIpc) is 2.55. The van der Waals surface area contributed by atoms with E-state index in [2.05, 4.69) is 4.98 Å². The van der Waals surface area contributed by atoms with Crippen molar-refractivity contribution in [2.24, 2.45) is 5.73 Å². The molecular formula is C16H21N3O3. The molecule has 3 aliphatic heterocycles. The minimum atomic E-state index is -0.120. The molecule has 0 radical (unpaired) electrons. The molecule has 0 atom stereocenters. The largest absolute Gasteiger partial charge is 0.480 e. The van der Waals surface area contributed by atoms with Crippen LogP contribution in [0.3, 0.4) is 0 Å². The van der Waals surface area contributed by atoms with Crippen molar-refractivity contribution in [3.63, 3.8) is 0 Å². The SMILES string of the molecule is NC12CCC(CCN3C(=O)COc4cccnc43)(CC1)OC2. The zero-order valence-corrected chi connectivity index (χ0v) is 12.6. The summed E-state index contributed by atoms with van der Waals surface area (Å²) >= 11 is 0. The van der Waals surface area contributed by atoms with E-state index in [9.17, 15) is 4.79 Å². The number of hydrogen-bond acceptors (Lipinski definition) is 5. The van der Waals surface area contributed by atoms with Gasteiger partial charge in [0.15, 0.2) is 18.2 Å². The summed E-state index contributed by atoms with van der Waals surface area (Å²) < 4.78 is 11.5. The van der Waals surface area contributed by atoms with Gasteiger partial charge in [0.1, 0.15) is 0 Å². The number of carbonyl (C=O) groups is 1. The van der Waals surface area contributed by atoms with Crippen LogP contribution in [0.15, 0.2) is 18.3 Å². The molecule has 22 heavy (non-hydrogen) atoms. The Kier molecular flexibility index (Phi) is 3.13. The molecule has 1 aromatic rings. The Morgan fingerprint density at radius 3 is 2.86 bits per heavy atom. The fraction of sp³-hybridized carbons (Fsp3) is 0.625. The van der Waals surface area contributed by atoms with Gasteiger partial charge in [-0.2, -0.15) is 0 Å². The van der Waals surface area contributed by atoms with Gasteiger partial charge in [0, 0.05) is 18.3 Å². The summed E-state index contributed by atoms with van der Waals surface area (Å²) in [5.74, 6) is 1.26. The molecule has 1 amide bonds. The number of carbonyl (C=O) groups excluding carboxylic acids is 1. The third-order valence-corrected chi connectivity index (χ3v) is 5.27. The van der Waals surface area contributed by atoms with E-state index < -0.39 is 0 Å². The van der Waals surface area contributed by atoms with E-state index >= 15 is 0 Å². The first-order chi connectivity index (χ1) is 10.6. The summed E-state index contributed by atoms with van der Waals surface area (Å²) in [7, 11) is 0. The van der Waals surface area contributed by atoms with Gasteiger partial charge in [-0.1, -0.05) is 0 Å². The van der Waals surface area contributed by atoms with Crippen molar-refractivity contribution in [2.75, 3.05) is 24.7 Å². The maximum Gasteiger partial charge on any atom is 0.266 e. The first kappa shape index (κ1) is 14.0. The third-order valence-electron chi connectivity index (χ3n) is 5.27. The molecule has 2 bridgehead atoms. The zero-order chi connectivity index (χ0) is 15.2. The number of ether oxygens (including phenoxy) is 2. The van der Waals surface area contributed by atoms with Crippen molar-refractivity contribution in [3.05, 3.63) is 18.3 Å². The van der Waals surface area contributed by atoms with Crippen molar-refractivity contribution in [1.82, 2.24) is 4.98 Å². The van der Waals surface area contributed by atoms with Crippen LogP contribution in [0.5, 0.6) is 5.75 Å². The van der Waals surface area contributed by atoms with Crippen LogP contribution in [0.2, 0.25) is 0 Å². The minimum absolute atomic E-state index is 0.0395. The van der Waals surface area contributed by atoms with Crippen LogP contribution in [-0.2, 0) is 9.53 Å². The number of fused-ring (bicyclic) bond motifs is 4. The second-order valence-electron chi connectivity index (χ2n) is 6.74. The van der Waals surface area contributed by atoms with E-state index in [1.165, 1.54) is 0 Å². The Labute approximate surface area is 129 Å². The van der Waals surface area contributed by atoms with E-state index in [0.717, 1.165) is 32.1 Å². The fourth-order valence-corrected chi connectivity index (χ4v) is 3.69. The molecule has 0 unspecified atom stereocenters. The molecule has 0 aromatic carbocycles. The summed E-state index contributed by atoms with van der Waals surface area (Å²) in [6, 6.07) is 3.66. The number of amides is 1. The first-order valence-corrected chi connectivity index (χ1v) is 7.90. The Morgan fingerprint density at radius 1 is 1.32 bits per heavy atom. The van der Waals surface area contributed by atoms with E-state index in [4.69, 9.17) is 15.2 Å². The Balaban J connectivity index is 1.49. The van der Waals surface area contributed by atoms with E-state index in [-0.39, 0.29) is 23.7 Å². The molecule has 118 valence electrons. The van der Waals surface area contributed by atoms with Crippen LogP contribution in [0.25, 0.3) is 0 Å². The first-order valence-electron chi connectivity index (χ1n) is 7.90. The highest BCUT2D eigenvalue weighted by Gasteiger charge is 2.48. The number of pyridine rings is 1. The van der Waals surface area contributed by atoms with Crippen LogP contribution >= 0.6 is 0 Å². The van der Waals surface area contributed by atoms with Gasteiger partial charge in [0.05, 0.1) is 12.2 Å². The van der Waals surface area contributed by atoms with Crippen molar-refractivity contribution in [3.8, 4) is 5.75 Å². The topological polar surface area (TPSA) is 77.7 Å². The number of rotatable bonds is 3. The van der Waals surface area contributed by atoms with Crippen LogP contribution in [0, 0.1) is 0 Å². The summed E-state index contributed by atoms with van der Waals surface area (Å²) in [6.45, 7) is 1.33. The molecular weight excluding hydrogens is 282 g/mol. The summed E-state index contributed by atoms with van der Waals surface area (Å²) in [6.07, 6.45) is 6.50. The summed E-state index contributed by atoms with van der Waals surface area (Å²) in [4.78, 5) is 18.2. The Hall–Kier alpha value is -1.66. The van der Waals surface area contributed by atoms with Gasteiger partial charge in [-0.15, -0.1) is 0 Å². The van der Waals surface area contributed by atoms with Gasteiger partial charge in [-0.25, -0.2) is 4.98 Å². The van der Waals surface area contributed by atoms with Crippen LogP contribution < -0.4 is 15.4 Å². The van der Waals surface area contributed by atoms with Crippen molar-refractivity contribution in [1.29, 1.82) is 0 Å². The van der Waals surface area contributed by atoms with Crippen LogP contribution in [0.1, 0.15) is 32.1 Å². The van der Waals surface area contributed by atoms with Crippen molar-refractivity contribution in [2.45, 2.75) is 43.2 Å². The standard InChI is InChI=1S/C16H21N3O3/c17-15-3-5-16(6-4-15,22-11-15)7-9-19-13(20)10-21-12-2-1-8-18-14(12)19/h1-2,8H,3-7,9-11,17H2. The van der Waals surface area contributed by atoms with Gasteiger partial charge < -0.3 is 15.2 Å². The average molecular weight is 303 g/mol. The number of nitrogens with two attached hydrogens (primary N) is 1. The molecule has 5 rings (SSSR count). The summed E-state index contributed by atoms with van der Waals surface area (Å²) in [5, 5.41) is 0. The molecule has 4 aliphatic rings. The monoisotopic (exact) mass is 303 g/mol. The van der Waals surface area contributed by atoms with Gasteiger partial charge in [-0.05, 0) is 44.2 Å². The number of anilines is 1. The third kappa shape index (κ3) is 2.27. The van der Waals surface area contributed by atoms with E-state index in [0.29, 0.717) is 24.7 Å². The molecule has 3 fully saturated rings. The highest BCUT2D eigenvalue weighted by atomic mass is 16.5. The summed E-state index contributed by atoms with van der Waals surface area (Å²) in [5.41, 5.74) is 6.03. The van der Waals surface area contributed by atoms with Crippen LogP contribution in [-0.4, -0.2) is 41.8 Å². The molecule has 1 saturated carbocycles. The van der Waals surface area contributed by atoms with Gasteiger partial charge in [0.25, 0.3) is 5.91 Å². The molecule has 1 aromatic heterocycles. The molecule has 0 spiro atoms. The van der Waals surface area contributed by atoms with Gasteiger partial charge in [-0.3, -0.25) is 9.69 Å². The molecule has 2 N–H and O–H groups in total. The molecule has 6 heteroatoms. The van der Waals surface area contributed by atoms with Crippen molar-refractivity contribution < 1.29 is 14.3 Å². The highest BCUT2D eigenvalue weighted by Crippen LogP contribution is 2.44. The lowest BCUT2D eigenvalue weighted by molar-refractivity contribution is -0.155. The van der Waals surface area contributed by atoms with Crippen LogP contribution in [0.4, 0.5) is 5.82 Å². The quantitative estimate of drug-likeness (QED) is 0.909. The van der Waals surface area contributed by atoms with E-state index in [1.807, 2.05) is 12.1 Å². The van der Waals surface area contributed by atoms with Crippen molar-refractivity contribution >= 4 is 11.7 Å². The van der Waals surface area contributed by atoms with Gasteiger partial charge >= 0.3 is 0 Å². The molecule has 1 aliphatic carbocycles. The maximum absolute atomic E-state index is 12.2. The second kappa shape index (κ2) is 4.93. The minimum Gasteiger partial charge on any atom is -0.480 e. The zero-order valence-electron chi connectivity index (χ0n) is 12.6. The fourth-order valence-electron chi connectivity index (χ4n) is 3.69. The molecule has 6 nitrogen and oxygen atoms in total. The smallest absolute Gasteiger partial charge is 0.266 e. The lowest BCUT2D eigenvalue weighted by atomic mass is 9.70. The predicted octanol–water partition coefficient (Wildman–Crippen LogP) is 1.24. The van der Waals surface area contributed by atoms with Gasteiger partial charge in [0.2, 0.25) is 0 Å². The highest BCUT2D eigenvalue weighted by molar-refractivity contribution is 5.96. The Morgan fingerprint density at radius 2 is 2.14 bits per heavy atom. The normalized spacial score (nSPS) is 33.5. The lowest BCUT2D eigenvalue weighted by Crippen LogP contribution is -2.60. The Bertz CT molecular complexity index is 580. The van der Waals surface area contributed by atoms with E-state index in [1.54, 1.807) is 11.1 Å². The number of nitrogens with zero attached hydrogens (tertiary/aromatic N) is 2. The molecule has 2 saturated heterocycles. The molecule has 4 heterocycles. The number of aromatic nitrogens is 1. The second-order valence-corrected chi connectivity index (χ2v) is 6.74.